The molecule has 0 spiro atoms. The van der Waals surface area contributed by atoms with Gasteiger partial charge in [-0.15, -0.1) is 0 Å². The maximum atomic E-state index is 12.4. The largest absolute Gasteiger partial charge is 0.358 e. The van der Waals surface area contributed by atoms with Crippen LogP contribution in [-0.2, 0) is 4.79 Å². The molecular formula is C17H17Cl3N4O2. The van der Waals surface area contributed by atoms with Crippen LogP contribution in [0.1, 0.15) is 12.8 Å². The molecule has 0 N–H and O–H groups in total. The van der Waals surface area contributed by atoms with E-state index in [1.54, 1.807) is 37.2 Å². The molecule has 0 radical (unpaired) electrons. The molecule has 1 aliphatic heterocycles. The lowest BCUT2D eigenvalue weighted by molar-refractivity contribution is -0.129. The number of carbonyl (C=O) groups is 1. The fourth-order valence-corrected chi connectivity index (χ4v) is 3.60. The van der Waals surface area contributed by atoms with Crippen molar-refractivity contribution in [2.75, 3.05) is 25.5 Å². The molecule has 26 heavy (non-hydrogen) atoms. The van der Waals surface area contributed by atoms with Crippen molar-refractivity contribution < 1.29 is 4.79 Å². The number of rotatable bonds is 3. The molecule has 6 nitrogen and oxygen atoms in total. The van der Waals surface area contributed by atoms with E-state index in [-0.39, 0.29) is 22.0 Å². The molecule has 1 aliphatic rings. The highest BCUT2D eigenvalue weighted by Gasteiger charge is 2.32. The lowest BCUT2D eigenvalue weighted by Crippen LogP contribution is -2.42. The summed E-state index contributed by atoms with van der Waals surface area (Å²) in [6, 6.07) is 4.90. The molecule has 3 rings (SSSR count). The first-order chi connectivity index (χ1) is 12.3. The van der Waals surface area contributed by atoms with Crippen molar-refractivity contribution in [1.29, 1.82) is 0 Å². The minimum atomic E-state index is -0.523. The van der Waals surface area contributed by atoms with Crippen molar-refractivity contribution in [2.45, 2.75) is 18.9 Å². The zero-order valence-electron chi connectivity index (χ0n) is 14.2. The predicted molar refractivity (Wildman–Crippen MR) is 104 cm³/mol. The van der Waals surface area contributed by atoms with Crippen LogP contribution in [0.25, 0.3) is 5.69 Å². The molecule has 1 fully saturated rings. The fraction of sp³-hybridized carbons (Fsp3) is 0.353. The van der Waals surface area contributed by atoms with Gasteiger partial charge in [-0.3, -0.25) is 9.59 Å². The quantitative estimate of drug-likeness (QED) is 0.772. The Morgan fingerprint density at radius 2 is 1.96 bits per heavy atom. The van der Waals surface area contributed by atoms with E-state index in [0.717, 1.165) is 29.8 Å². The van der Waals surface area contributed by atoms with Crippen molar-refractivity contribution >= 4 is 46.4 Å². The average Bonchev–Trinajstić information content (AvgIpc) is 3.08. The molecule has 0 saturated carbocycles. The second-order valence-electron chi connectivity index (χ2n) is 6.24. The van der Waals surface area contributed by atoms with Gasteiger partial charge in [0.2, 0.25) is 5.91 Å². The van der Waals surface area contributed by atoms with Crippen molar-refractivity contribution in [3.05, 3.63) is 49.8 Å². The van der Waals surface area contributed by atoms with Gasteiger partial charge in [-0.25, -0.2) is 0 Å². The van der Waals surface area contributed by atoms with Crippen molar-refractivity contribution in [3.8, 4) is 5.69 Å². The normalized spacial score (nSPS) is 16.8. The Balaban J connectivity index is 1.97. The number of anilines is 1. The van der Waals surface area contributed by atoms with E-state index in [2.05, 4.69) is 5.10 Å². The maximum Gasteiger partial charge on any atom is 0.291 e. The molecule has 9 heteroatoms. The minimum Gasteiger partial charge on any atom is -0.358 e. The monoisotopic (exact) mass is 414 g/mol. The predicted octanol–water partition coefficient (Wildman–Crippen LogP) is 3.25. The third-order valence-electron chi connectivity index (χ3n) is 4.34. The number of halogens is 3. The van der Waals surface area contributed by atoms with Gasteiger partial charge < -0.3 is 9.80 Å². The lowest BCUT2D eigenvalue weighted by atomic mass is 10.1. The van der Waals surface area contributed by atoms with Crippen LogP contribution in [0.5, 0.6) is 0 Å². The number of aromatic nitrogens is 2. The number of hydrogen-bond acceptors (Lipinski definition) is 4. The summed E-state index contributed by atoms with van der Waals surface area (Å²) >= 11 is 18.2. The number of carbonyl (C=O) groups excluding carboxylic acids is 1. The lowest BCUT2D eigenvalue weighted by Gasteiger charge is -2.29. The van der Waals surface area contributed by atoms with Crippen LogP contribution in [0.2, 0.25) is 15.1 Å². The Kier molecular flexibility index (Phi) is 5.46. The number of likely N-dealkylation sites (N-methyl/N-ethyl adjacent to an activating group) is 1. The molecule has 1 atom stereocenters. The molecule has 2 heterocycles. The van der Waals surface area contributed by atoms with E-state index in [1.165, 1.54) is 6.20 Å². The van der Waals surface area contributed by atoms with Gasteiger partial charge in [-0.1, -0.05) is 34.8 Å². The first-order valence-corrected chi connectivity index (χ1v) is 9.15. The summed E-state index contributed by atoms with van der Waals surface area (Å²) < 4.78 is 1.14. The van der Waals surface area contributed by atoms with Gasteiger partial charge in [0.1, 0.15) is 11.1 Å². The van der Waals surface area contributed by atoms with Crippen LogP contribution in [0.4, 0.5) is 5.69 Å². The van der Waals surface area contributed by atoms with E-state index in [4.69, 9.17) is 34.8 Å². The second-order valence-corrected chi connectivity index (χ2v) is 7.44. The summed E-state index contributed by atoms with van der Waals surface area (Å²) in [4.78, 5) is 28.2. The molecule has 138 valence electrons. The summed E-state index contributed by atoms with van der Waals surface area (Å²) in [6.45, 7) is 0.744. The fourth-order valence-electron chi connectivity index (χ4n) is 3.07. The van der Waals surface area contributed by atoms with Gasteiger partial charge in [0, 0.05) is 20.6 Å². The average molecular weight is 416 g/mol. The topological polar surface area (TPSA) is 58.4 Å². The zero-order chi connectivity index (χ0) is 19.0. The van der Waals surface area contributed by atoms with Crippen LogP contribution in [-0.4, -0.2) is 47.3 Å². The maximum absolute atomic E-state index is 12.4. The summed E-state index contributed by atoms with van der Waals surface area (Å²) in [5, 5.41) is 4.43. The third-order valence-corrected chi connectivity index (χ3v) is 5.39. The summed E-state index contributed by atoms with van der Waals surface area (Å²) in [5.74, 6) is 0.0463. The van der Waals surface area contributed by atoms with Gasteiger partial charge in [0.25, 0.3) is 5.56 Å². The van der Waals surface area contributed by atoms with Gasteiger partial charge >= 0.3 is 0 Å². The summed E-state index contributed by atoms with van der Waals surface area (Å²) in [6.07, 6.45) is 3.00. The van der Waals surface area contributed by atoms with E-state index in [0.29, 0.717) is 10.7 Å². The van der Waals surface area contributed by atoms with Gasteiger partial charge in [-0.2, -0.15) is 9.78 Å². The highest BCUT2D eigenvalue weighted by Crippen LogP contribution is 2.33. The smallest absolute Gasteiger partial charge is 0.291 e. The van der Waals surface area contributed by atoms with E-state index in [1.807, 2.05) is 4.90 Å². The van der Waals surface area contributed by atoms with E-state index < -0.39 is 5.56 Å². The van der Waals surface area contributed by atoms with Crippen LogP contribution in [0.3, 0.4) is 0 Å². The van der Waals surface area contributed by atoms with Crippen LogP contribution < -0.4 is 10.5 Å². The Morgan fingerprint density at radius 1 is 1.23 bits per heavy atom. The molecule has 1 amide bonds. The van der Waals surface area contributed by atoms with E-state index in [9.17, 15) is 9.59 Å². The Labute approximate surface area is 165 Å². The van der Waals surface area contributed by atoms with Gasteiger partial charge in [0.15, 0.2) is 0 Å². The molecule has 1 aromatic carbocycles. The van der Waals surface area contributed by atoms with Crippen LogP contribution >= 0.6 is 34.8 Å². The molecular weight excluding hydrogens is 399 g/mol. The van der Waals surface area contributed by atoms with Crippen LogP contribution in [0.15, 0.2) is 29.2 Å². The zero-order valence-corrected chi connectivity index (χ0v) is 16.5. The molecule has 1 aromatic heterocycles. The summed E-state index contributed by atoms with van der Waals surface area (Å²) in [5.41, 5.74) is 0.697. The first-order valence-electron chi connectivity index (χ1n) is 8.02. The highest BCUT2D eigenvalue weighted by molar-refractivity contribution is 6.41. The second kappa shape index (κ2) is 7.47. The molecule has 1 saturated heterocycles. The van der Waals surface area contributed by atoms with Crippen molar-refractivity contribution in [3.63, 3.8) is 0 Å². The molecule has 1 unspecified atom stereocenters. The Bertz CT molecular complexity index is 913. The number of hydrogen-bond donors (Lipinski definition) is 0. The highest BCUT2D eigenvalue weighted by atomic mass is 35.5. The van der Waals surface area contributed by atoms with Crippen LogP contribution in [0, 0.1) is 0 Å². The number of amides is 1. The standard InChI is InChI=1S/C17H17Cl3N4O2/c1-22(2)16(25)14-4-3-7-23(14)13-6-5-10(8-11(13)18)24-17(26)15(20)12(19)9-21-24/h5-6,8-9,14H,3-4,7H2,1-2H3. The third kappa shape index (κ3) is 3.41. The first kappa shape index (κ1) is 19.0. The number of benzene rings is 1. The Morgan fingerprint density at radius 3 is 2.62 bits per heavy atom. The number of nitrogens with zero attached hydrogens (tertiary/aromatic N) is 4. The summed E-state index contributed by atoms with van der Waals surface area (Å²) in [7, 11) is 3.48. The van der Waals surface area contributed by atoms with Gasteiger partial charge in [-0.05, 0) is 31.0 Å². The van der Waals surface area contributed by atoms with Gasteiger partial charge in [0.05, 0.1) is 27.6 Å². The molecule has 0 aliphatic carbocycles. The van der Waals surface area contributed by atoms with Crippen molar-refractivity contribution in [1.82, 2.24) is 14.7 Å². The van der Waals surface area contributed by atoms with Crippen molar-refractivity contribution in [2.24, 2.45) is 0 Å². The molecule has 0 bridgehead atoms. The molecule has 2 aromatic rings. The minimum absolute atomic E-state index is 0.0463. The van der Waals surface area contributed by atoms with E-state index >= 15 is 0 Å². The Hall–Kier alpha value is -1.76. The SMILES string of the molecule is CN(C)C(=O)C1CCCN1c1ccc(-n2ncc(Cl)c(Cl)c2=O)cc1Cl.